The summed E-state index contributed by atoms with van der Waals surface area (Å²) >= 11 is 0. The van der Waals surface area contributed by atoms with Crippen LogP contribution >= 0.6 is 0 Å². The monoisotopic (exact) mass is 375 g/mol. The Morgan fingerprint density at radius 2 is 1.92 bits per heavy atom. The van der Waals surface area contributed by atoms with Crippen molar-refractivity contribution in [3.8, 4) is 5.75 Å². The molecule has 7 nitrogen and oxygen atoms in total. The van der Waals surface area contributed by atoms with Crippen LogP contribution in [0.25, 0.3) is 6.08 Å². The average Bonchev–Trinajstić information content (AvgIpc) is 2.61. The van der Waals surface area contributed by atoms with E-state index in [0.29, 0.717) is 13.0 Å². The number of carbonyl (C=O) groups is 1. The molecule has 0 aliphatic carbocycles. The lowest BCUT2D eigenvalue weighted by atomic mass is 10.1. The van der Waals surface area contributed by atoms with Crippen LogP contribution in [0.4, 0.5) is 4.79 Å². The van der Waals surface area contributed by atoms with Crippen LogP contribution in [-0.2, 0) is 16.4 Å². The van der Waals surface area contributed by atoms with Crippen molar-refractivity contribution in [1.82, 2.24) is 10.6 Å². The molecule has 0 heterocycles. The third-order valence-electron chi connectivity index (χ3n) is 3.54. The molecular weight excluding hydrogens is 354 g/mol. The number of hydrogen-bond acceptors (Lipinski definition) is 4. The minimum atomic E-state index is -3.69. The van der Waals surface area contributed by atoms with E-state index in [1.807, 2.05) is 24.3 Å². The number of nitrogens with one attached hydrogen (secondary N) is 2. The van der Waals surface area contributed by atoms with Crippen molar-refractivity contribution in [3.05, 3.63) is 65.9 Å². The molecule has 0 atom stereocenters. The third-order valence-corrected chi connectivity index (χ3v) is 4.46. The van der Waals surface area contributed by atoms with Crippen molar-refractivity contribution in [3.63, 3.8) is 0 Å². The maximum Gasteiger partial charge on any atom is 0.318 e. The van der Waals surface area contributed by atoms with E-state index in [0.717, 1.165) is 16.9 Å². The van der Waals surface area contributed by atoms with Gasteiger partial charge in [0.05, 0.1) is 12.0 Å². The van der Waals surface area contributed by atoms with Crippen LogP contribution in [0.5, 0.6) is 5.75 Å². The Kier molecular flexibility index (Phi) is 6.76. The van der Waals surface area contributed by atoms with E-state index in [1.165, 1.54) is 12.1 Å². The van der Waals surface area contributed by atoms with Gasteiger partial charge in [0.1, 0.15) is 5.75 Å². The van der Waals surface area contributed by atoms with Crippen LogP contribution in [0.1, 0.15) is 11.1 Å². The highest BCUT2D eigenvalue weighted by atomic mass is 32.2. The molecule has 2 amide bonds. The predicted molar refractivity (Wildman–Crippen MR) is 100 cm³/mol. The summed E-state index contributed by atoms with van der Waals surface area (Å²) in [5, 5.41) is 10.4. The summed E-state index contributed by atoms with van der Waals surface area (Å²) in [7, 11) is -2.09. The lowest BCUT2D eigenvalue weighted by molar-refractivity contribution is 0.244. The summed E-state index contributed by atoms with van der Waals surface area (Å²) in [5.74, 6) is 0.741. The number of sulfonamides is 1. The fourth-order valence-corrected chi connectivity index (χ4v) is 2.69. The topological polar surface area (TPSA) is 111 Å². The summed E-state index contributed by atoms with van der Waals surface area (Å²) in [6.07, 6.45) is 3.87. The van der Waals surface area contributed by atoms with Gasteiger partial charge in [0.25, 0.3) is 0 Å². The number of hydrogen-bond donors (Lipinski definition) is 3. The highest BCUT2D eigenvalue weighted by Crippen LogP contribution is 2.13. The zero-order valence-electron chi connectivity index (χ0n) is 14.3. The van der Waals surface area contributed by atoms with Gasteiger partial charge >= 0.3 is 6.03 Å². The number of benzene rings is 2. The second-order valence-corrected chi connectivity index (χ2v) is 7.01. The average molecular weight is 375 g/mol. The molecule has 2 rings (SSSR count). The maximum atomic E-state index is 11.7. The van der Waals surface area contributed by atoms with E-state index in [1.54, 1.807) is 31.5 Å². The SMILES string of the molecule is COc1cccc(/C=C/NC(=O)NCCc2ccc(S(N)(=O)=O)cc2)c1. The number of primary sulfonamides is 1. The number of rotatable bonds is 7. The maximum absolute atomic E-state index is 11.7. The minimum Gasteiger partial charge on any atom is -0.497 e. The van der Waals surface area contributed by atoms with Crippen LogP contribution < -0.4 is 20.5 Å². The van der Waals surface area contributed by atoms with Gasteiger partial charge in [-0.15, -0.1) is 0 Å². The van der Waals surface area contributed by atoms with Crippen molar-refractivity contribution in [2.45, 2.75) is 11.3 Å². The summed E-state index contributed by atoms with van der Waals surface area (Å²) in [4.78, 5) is 11.8. The number of nitrogens with two attached hydrogens (primary N) is 1. The molecule has 0 spiro atoms. The Morgan fingerprint density at radius 1 is 1.19 bits per heavy atom. The summed E-state index contributed by atoms with van der Waals surface area (Å²) in [6, 6.07) is 13.3. The first-order valence-corrected chi connectivity index (χ1v) is 9.40. The molecular formula is C18H21N3O4S. The Bertz CT molecular complexity index is 878. The Hall–Kier alpha value is -2.84. The van der Waals surface area contributed by atoms with Gasteiger partial charge in [-0.3, -0.25) is 0 Å². The fraction of sp³-hybridized carbons (Fsp3) is 0.167. The van der Waals surface area contributed by atoms with Crippen LogP contribution in [0.2, 0.25) is 0 Å². The van der Waals surface area contributed by atoms with Crippen molar-refractivity contribution in [1.29, 1.82) is 0 Å². The minimum absolute atomic E-state index is 0.0645. The Balaban J connectivity index is 1.75. The van der Waals surface area contributed by atoms with Gasteiger partial charge < -0.3 is 15.4 Å². The molecule has 0 radical (unpaired) electrons. The summed E-state index contributed by atoms with van der Waals surface area (Å²) in [6.45, 7) is 0.410. The summed E-state index contributed by atoms with van der Waals surface area (Å²) in [5.41, 5.74) is 1.80. The molecule has 0 aliphatic rings. The van der Waals surface area contributed by atoms with E-state index in [2.05, 4.69) is 10.6 Å². The van der Waals surface area contributed by atoms with Gasteiger partial charge in [-0.2, -0.15) is 0 Å². The number of carbonyl (C=O) groups excluding carboxylic acids is 1. The molecule has 0 fully saturated rings. The van der Waals surface area contributed by atoms with Crippen LogP contribution in [-0.4, -0.2) is 28.1 Å². The van der Waals surface area contributed by atoms with Gasteiger partial charge in [-0.1, -0.05) is 24.3 Å². The molecule has 0 aromatic heterocycles. The normalized spacial score (nSPS) is 11.3. The molecule has 138 valence electrons. The predicted octanol–water partition coefficient (Wildman–Crippen LogP) is 1.86. The van der Waals surface area contributed by atoms with E-state index < -0.39 is 10.0 Å². The zero-order valence-corrected chi connectivity index (χ0v) is 15.1. The van der Waals surface area contributed by atoms with Crippen molar-refractivity contribution < 1.29 is 17.9 Å². The lowest BCUT2D eigenvalue weighted by Gasteiger charge is -2.06. The van der Waals surface area contributed by atoms with Gasteiger partial charge in [-0.25, -0.2) is 18.4 Å². The quantitative estimate of drug-likeness (QED) is 0.686. The van der Waals surface area contributed by atoms with Gasteiger partial charge in [0.15, 0.2) is 0 Å². The van der Waals surface area contributed by atoms with Gasteiger partial charge in [0, 0.05) is 12.7 Å². The van der Waals surface area contributed by atoms with Gasteiger partial charge in [0.2, 0.25) is 10.0 Å². The van der Waals surface area contributed by atoms with Gasteiger partial charge in [-0.05, 0) is 47.9 Å². The third kappa shape index (κ3) is 6.23. The molecule has 8 heteroatoms. The highest BCUT2D eigenvalue weighted by Gasteiger charge is 2.06. The smallest absolute Gasteiger partial charge is 0.318 e. The fourth-order valence-electron chi connectivity index (χ4n) is 2.18. The van der Waals surface area contributed by atoms with Crippen LogP contribution in [0, 0.1) is 0 Å². The van der Waals surface area contributed by atoms with Crippen molar-refractivity contribution in [2.75, 3.05) is 13.7 Å². The van der Waals surface area contributed by atoms with E-state index >= 15 is 0 Å². The number of methoxy groups -OCH3 is 1. The molecule has 0 aliphatic heterocycles. The Labute approximate surface area is 152 Å². The number of amides is 2. The van der Waals surface area contributed by atoms with E-state index in [4.69, 9.17) is 9.88 Å². The largest absolute Gasteiger partial charge is 0.497 e. The molecule has 0 unspecified atom stereocenters. The second-order valence-electron chi connectivity index (χ2n) is 5.45. The Morgan fingerprint density at radius 3 is 2.58 bits per heavy atom. The van der Waals surface area contributed by atoms with Crippen molar-refractivity contribution >= 4 is 22.1 Å². The van der Waals surface area contributed by atoms with Crippen LogP contribution in [0.15, 0.2) is 59.6 Å². The summed E-state index contributed by atoms with van der Waals surface area (Å²) < 4.78 is 27.5. The number of ether oxygens (including phenoxy) is 1. The molecule has 4 N–H and O–H groups in total. The van der Waals surface area contributed by atoms with E-state index in [-0.39, 0.29) is 10.9 Å². The molecule has 2 aromatic rings. The first-order chi connectivity index (χ1) is 12.4. The highest BCUT2D eigenvalue weighted by molar-refractivity contribution is 7.89. The second kappa shape index (κ2) is 9.02. The molecule has 0 bridgehead atoms. The standard InChI is InChI=1S/C18H21N3O4S/c1-25-16-4-2-3-15(13-16)10-12-21-18(22)20-11-9-14-5-7-17(8-6-14)26(19,23)24/h2-8,10,12-13H,9,11H2,1H3,(H2,19,23,24)(H2,20,21,22)/b12-10+. The first kappa shape index (κ1) is 19.5. The van der Waals surface area contributed by atoms with Crippen LogP contribution in [0.3, 0.4) is 0 Å². The first-order valence-electron chi connectivity index (χ1n) is 7.85. The molecule has 0 saturated heterocycles. The van der Waals surface area contributed by atoms with E-state index in [9.17, 15) is 13.2 Å². The molecule has 2 aromatic carbocycles. The number of urea groups is 1. The van der Waals surface area contributed by atoms with Crippen molar-refractivity contribution in [2.24, 2.45) is 5.14 Å². The molecule has 0 saturated carbocycles. The lowest BCUT2D eigenvalue weighted by Crippen LogP contribution is -2.33. The molecule has 26 heavy (non-hydrogen) atoms. The zero-order chi connectivity index (χ0) is 19.0.